The van der Waals surface area contributed by atoms with Crippen molar-refractivity contribution in [3.63, 3.8) is 0 Å². The van der Waals surface area contributed by atoms with Gasteiger partial charge in [0, 0.05) is 16.7 Å². The lowest BCUT2D eigenvalue weighted by Gasteiger charge is -2.09. The maximum atomic E-state index is 6.03. The molecule has 1 aromatic carbocycles. The Kier molecular flexibility index (Phi) is 4.37. The van der Waals surface area contributed by atoms with Gasteiger partial charge in [-0.1, -0.05) is 23.2 Å². The van der Waals surface area contributed by atoms with Crippen LogP contribution in [0.4, 0.5) is 5.69 Å². The predicted molar refractivity (Wildman–Crippen MR) is 76.3 cm³/mol. The highest BCUT2D eigenvalue weighted by atomic mass is 79.9. The molecule has 0 fully saturated rings. The monoisotopic (exact) mass is 349 g/mol. The second kappa shape index (κ2) is 5.82. The van der Waals surface area contributed by atoms with Gasteiger partial charge in [-0.15, -0.1) is 0 Å². The molecule has 0 bridgehead atoms. The number of halogens is 3. The topological polar surface area (TPSA) is 53.1 Å². The molecule has 2 rings (SSSR count). The van der Waals surface area contributed by atoms with Gasteiger partial charge < -0.3 is 10.5 Å². The maximum absolute atomic E-state index is 6.03. The van der Waals surface area contributed by atoms with Gasteiger partial charge in [-0.3, -0.25) is 4.68 Å². The summed E-state index contributed by atoms with van der Waals surface area (Å²) in [7, 11) is 0. The van der Waals surface area contributed by atoms with Gasteiger partial charge in [0.1, 0.15) is 12.4 Å². The predicted octanol–water partition coefficient (Wildman–Crippen LogP) is 3.61. The lowest BCUT2D eigenvalue weighted by atomic mass is 10.3. The van der Waals surface area contributed by atoms with E-state index in [9.17, 15) is 0 Å². The van der Waals surface area contributed by atoms with Gasteiger partial charge in [-0.2, -0.15) is 5.10 Å². The molecule has 96 valence electrons. The normalized spacial score (nSPS) is 10.6. The van der Waals surface area contributed by atoms with Crippen molar-refractivity contribution in [2.75, 3.05) is 12.3 Å². The fourth-order valence-corrected chi connectivity index (χ4v) is 2.21. The van der Waals surface area contributed by atoms with Crippen molar-refractivity contribution in [3.8, 4) is 5.75 Å². The van der Waals surface area contributed by atoms with Crippen molar-refractivity contribution in [1.29, 1.82) is 0 Å². The summed E-state index contributed by atoms with van der Waals surface area (Å²) in [4.78, 5) is 0. The van der Waals surface area contributed by atoms with E-state index in [0.29, 0.717) is 34.6 Å². The fourth-order valence-electron chi connectivity index (χ4n) is 1.37. The first-order valence-electron chi connectivity index (χ1n) is 5.11. The van der Waals surface area contributed by atoms with E-state index in [1.165, 1.54) is 0 Å². The third kappa shape index (κ3) is 3.31. The van der Waals surface area contributed by atoms with E-state index in [4.69, 9.17) is 33.7 Å². The molecule has 0 saturated carbocycles. The van der Waals surface area contributed by atoms with Crippen LogP contribution in [-0.4, -0.2) is 16.4 Å². The van der Waals surface area contributed by atoms with Crippen molar-refractivity contribution in [3.05, 3.63) is 39.0 Å². The molecule has 18 heavy (non-hydrogen) atoms. The summed E-state index contributed by atoms with van der Waals surface area (Å²) >= 11 is 15.3. The number of anilines is 1. The summed E-state index contributed by atoms with van der Waals surface area (Å²) in [5, 5.41) is 5.11. The van der Waals surface area contributed by atoms with Crippen LogP contribution in [0.1, 0.15) is 0 Å². The minimum Gasteiger partial charge on any atom is -0.490 e. The molecule has 0 aliphatic carbocycles. The van der Waals surface area contributed by atoms with Crippen molar-refractivity contribution in [2.45, 2.75) is 6.54 Å². The number of benzene rings is 1. The van der Waals surface area contributed by atoms with Gasteiger partial charge in [-0.25, -0.2) is 0 Å². The molecular formula is C11H10BrCl2N3O. The zero-order valence-corrected chi connectivity index (χ0v) is 12.3. The number of hydrogen-bond acceptors (Lipinski definition) is 3. The van der Waals surface area contributed by atoms with E-state index in [1.807, 2.05) is 0 Å². The first-order valence-corrected chi connectivity index (χ1v) is 6.66. The number of rotatable bonds is 4. The molecular weight excluding hydrogens is 341 g/mol. The van der Waals surface area contributed by atoms with Crippen molar-refractivity contribution in [1.82, 2.24) is 9.78 Å². The van der Waals surface area contributed by atoms with E-state index < -0.39 is 0 Å². The summed E-state index contributed by atoms with van der Waals surface area (Å²) < 4.78 is 7.98. The molecule has 2 aromatic rings. The van der Waals surface area contributed by atoms with E-state index in [0.717, 1.165) is 4.47 Å². The smallest absolute Gasteiger partial charge is 0.139 e. The summed E-state index contributed by atoms with van der Waals surface area (Å²) in [5.41, 5.74) is 6.18. The molecule has 0 aliphatic heterocycles. The average molecular weight is 351 g/mol. The van der Waals surface area contributed by atoms with E-state index in [-0.39, 0.29) is 0 Å². The lowest BCUT2D eigenvalue weighted by molar-refractivity contribution is 0.291. The number of nitrogen functional groups attached to an aromatic ring is 1. The van der Waals surface area contributed by atoms with E-state index >= 15 is 0 Å². The Morgan fingerprint density at radius 3 is 2.78 bits per heavy atom. The first kappa shape index (κ1) is 13.5. The number of hydrogen-bond donors (Lipinski definition) is 1. The largest absolute Gasteiger partial charge is 0.490 e. The van der Waals surface area contributed by atoms with Crippen molar-refractivity contribution >= 4 is 44.8 Å². The Morgan fingerprint density at radius 2 is 2.11 bits per heavy atom. The molecule has 0 radical (unpaired) electrons. The van der Waals surface area contributed by atoms with Crippen LogP contribution in [0.2, 0.25) is 10.0 Å². The molecule has 0 atom stereocenters. The van der Waals surface area contributed by atoms with Crippen LogP contribution in [0, 0.1) is 0 Å². The Balaban J connectivity index is 1.96. The Morgan fingerprint density at radius 1 is 1.33 bits per heavy atom. The standard InChI is InChI=1S/C11H10BrCl2N3O/c12-8-3-10(14)11(4-9(8)13)18-2-1-17-6-7(15)5-16-17/h3-6H,1-2,15H2. The molecule has 0 spiro atoms. The highest BCUT2D eigenvalue weighted by molar-refractivity contribution is 9.10. The Bertz CT molecular complexity index is 559. The molecule has 2 N–H and O–H groups in total. The summed E-state index contributed by atoms with van der Waals surface area (Å²) in [6, 6.07) is 3.37. The molecule has 1 aromatic heterocycles. The fraction of sp³-hybridized carbons (Fsp3) is 0.182. The second-order valence-corrected chi connectivity index (χ2v) is 5.25. The first-order chi connectivity index (χ1) is 8.56. The van der Waals surface area contributed by atoms with Gasteiger partial charge in [0.15, 0.2) is 0 Å². The number of nitrogens with two attached hydrogens (primary N) is 1. The lowest BCUT2D eigenvalue weighted by Crippen LogP contribution is -2.08. The number of nitrogens with zero attached hydrogens (tertiary/aromatic N) is 2. The van der Waals surface area contributed by atoms with Crippen LogP contribution in [0.5, 0.6) is 5.75 Å². The average Bonchev–Trinajstić information content (AvgIpc) is 2.71. The molecule has 0 saturated heterocycles. The van der Waals surface area contributed by atoms with Gasteiger partial charge >= 0.3 is 0 Å². The SMILES string of the molecule is Nc1cnn(CCOc2cc(Cl)c(Br)cc2Cl)c1. The van der Waals surface area contributed by atoms with Crippen LogP contribution >= 0.6 is 39.1 Å². The Labute approximate surface area is 123 Å². The molecule has 4 nitrogen and oxygen atoms in total. The third-order valence-electron chi connectivity index (χ3n) is 2.21. The van der Waals surface area contributed by atoms with Gasteiger partial charge in [0.25, 0.3) is 0 Å². The highest BCUT2D eigenvalue weighted by Gasteiger charge is 2.06. The molecule has 0 amide bonds. The summed E-state index contributed by atoms with van der Waals surface area (Å²) in [5.74, 6) is 0.546. The molecule has 1 heterocycles. The van der Waals surface area contributed by atoms with Gasteiger partial charge in [0.2, 0.25) is 0 Å². The van der Waals surface area contributed by atoms with E-state index in [1.54, 1.807) is 29.2 Å². The third-order valence-corrected chi connectivity index (χ3v) is 3.70. The maximum Gasteiger partial charge on any atom is 0.139 e. The molecule has 7 heteroatoms. The minimum absolute atomic E-state index is 0.429. The number of ether oxygens (including phenoxy) is 1. The van der Waals surface area contributed by atoms with Crippen molar-refractivity contribution < 1.29 is 4.74 Å². The summed E-state index contributed by atoms with van der Waals surface area (Å²) in [6.07, 6.45) is 3.32. The highest BCUT2D eigenvalue weighted by Crippen LogP contribution is 2.33. The quantitative estimate of drug-likeness (QED) is 0.857. The van der Waals surface area contributed by atoms with Crippen LogP contribution in [-0.2, 0) is 6.54 Å². The van der Waals surface area contributed by atoms with Gasteiger partial charge in [0.05, 0.1) is 28.5 Å². The van der Waals surface area contributed by atoms with Crippen LogP contribution < -0.4 is 10.5 Å². The zero-order valence-electron chi connectivity index (χ0n) is 9.24. The van der Waals surface area contributed by atoms with Crippen LogP contribution in [0.25, 0.3) is 0 Å². The molecule has 0 aliphatic rings. The Hall–Kier alpha value is -0.910. The van der Waals surface area contributed by atoms with Crippen molar-refractivity contribution in [2.24, 2.45) is 0 Å². The van der Waals surface area contributed by atoms with E-state index in [2.05, 4.69) is 21.0 Å². The minimum atomic E-state index is 0.429. The van der Waals surface area contributed by atoms with Crippen LogP contribution in [0.15, 0.2) is 29.0 Å². The number of aromatic nitrogens is 2. The molecule has 0 unspecified atom stereocenters. The van der Waals surface area contributed by atoms with Gasteiger partial charge in [-0.05, 0) is 22.0 Å². The zero-order chi connectivity index (χ0) is 13.1. The second-order valence-electron chi connectivity index (χ2n) is 3.58. The summed E-state index contributed by atoms with van der Waals surface area (Å²) in [6.45, 7) is 1.01. The van der Waals surface area contributed by atoms with Crippen LogP contribution in [0.3, 0.4) is 0 Å².